The lowest BCUT2D eigenvalue weighted by Crippen LogP contribution is -2.48. The summed E-state index contributed by atoms with van der Waals surface area (Å²) in [6, 6.07) is 28.4. The number of aryl methyl sites for hydroxylation is 1. The maximum atomic E-state index is 13.6. The molecule has 8 heteroatoms. The molecular formula is C30H31N7O. The van der Waals surface area contributed by atoms with Crippen LogP contribution >= 0.6 is 0 Å². The van der Waals surface area contributed by atoms with Crippen LogP contribution in [0.1, 0.15) is 33.9 Å². The number of hydrogen-bond acceptors (Lipinski definition) is 7. The lowest BCUT2D eigenvalue weighted by Gasteiger charge is -2.37. The number of amides is 1. The molecule has 2 unspecified atom stereocenters. The summed E-state index contributed by atoms with van der Waals surface area (Å²) in [4.78, 5) is 25.4. The Morgan fingerprint density at radius 2 is 1.63 bits per heavy atom. The number of benzene rings is 3. The summed E-state index contributed by atoms with van der Waals surface area (Å²) < 4.78 is 0. The molecule has 0 saturated carbocycles. The Bertz CT molecular complexity index is 1430. The fourth-order valence-corrected chi connectivity index (χ4v) is 5.19. The minimum absolute atomic E-state index is 0.00962. The summed E-state index contributed by atoms with van der Waals surface area (Å²) in [5, 5.41) is 6.55. The van der Waals surface area contributed by atoms with Crippen LogP contribution in [0.25, 0.3) is 0 Å². The molecule has 8 nitrogen and oxygen atoms in total. The van der Waals surface area contributed by atoms with E-state index in [1.54, 1.807) is 0 Å². The highest BCUT2D eigenvalue weighted by Crippen LogP contribution is 2.44. The van der Waals surface area contributed by atoms with Gasteiger partial charge in [0.15, 0.2) is 5.82 Å². The lowest BCUT2D eigenvalue weighted by molar-refractivity contribution is -0.125. The van der Waals surface area contributed by atoms with Gasteiger partial charge in [-0.1, -0.05) is 84.9 Å². The molecule has 0 radical (unpaired) electrons. The van der Waals surface area contributed by atoms with E-state index in [-0.39, 0.29) is 17.9 Å². The van der Waals surface area contributed by atoms with Gasteiger partial charge in [-0.15, -0.1) is 0 Å². The van der Waals surface area contributed by atoms with Crippen molar-refractivity contribution >= 4 is 23.5 Å². The molecule has 3 aromatic carbocycles. The maximum absolute atomic E-state index is 13.6. The highest BCUT2D eigenvalue weighted by atomic mass is 16.2. The number of nitrogens with one attached hydrogen (secondary N) is 4. The monoisotopic (exact) mass is 505 g/mol. The fraction of sp³-hybridized carbons (Fsp3) is 0.233. The molecule has 3 heterocycles. The third-order valence-corrected chi connectivity index (χ3v) is 7.26. The topological polar surface area (TPSA) is 94.2 Å². The van der Waals surface area contributed by atoms with Crippen molar-refractivity contribution in [3.05, 3.63) is 113 Å². The Labute approximate surface area is 222 Å². The molecule has 2 atom stereocenters. The van der Waals surface area contributed by atoms with E-state index in [0.29, 0.717) is 37.9 Å². The summed E-state index contributed by atoms with van der Waals surface area (Å²) in [5.41, 5.74) is 12.1. The summed E-state index contributed by atoms with van der Waals surface area (Å²) in [6.07, 6.45) is 0. The normalized spacial score (nSPS) is 17.4. The smallest absolute Gasteiger partial charge is 0.227 e. The number of carbonyl (C=O) groups excluding carboxylic acids is 1. The zero-order valence-electron chi connectivity index (χ0n) is 21.3. The first-order valence-corrected chi connectivity index (χ1v) is 13.0. The third kappa shape index (κ3) is 4.90. The Kier molecular flexibility index (Phi) is 6.62. The Balaban J connectivity index is 1.28. The van der Waals surface area contributed by atoms with Crippen molar-refractivity contribution in [1.82, 2.24) is 20.7 Å². The summed E-state index contributed by atoms with van der Waals surface area (Å²) >= 11 is 0. The van der Waals surface area contributed by atoms with Crippen molar-refractivity contribution in [1.29, 1.82) is 0 Å². The van der Waals surface area contributed by atoms with Gasteiger partial charge in [-0.2, -0.15) is 9.97 Å². The van der Waals surface area contributed by atoms with Gasteiger partial charge in [0.05, 0.1) is 17.5 Å². The first-order chi connectivity index (χ1) is 18.7. The molecule has 0 saturated heterocycles. The number of rotatable bonds is 8. The van der Waals surface area contributed by atoms with Crippen LogP contribution in [-0.4, -0.2) is 22.4 Å². The average Bonchev–Trinajstić information content (AvgIpc) is 3.38. The van der Waals surface area contributed by atoms with E-state index in [0.717, 1.165) is 28.1 Å². The van der Waals surface area contributed by atoms with E-state index >= 15 is 0 Å². The molecular weight excluding hydrogens is 474 g/mol. The van der Waals surface area contributed by atoms with Gasteiger partial charge >= 0.3 is 0 Å². The predicted octanol–water partition coefficient (Wildman–Crippen LogP) is 4.32. The fourth-order valence-electron chi connectivity index (χ4n) is 5.19. The standard InChI is InChI=1S/C30H31N7O/c1-20-10-8-9-15-23(20)17-31-29(38)24-19-37(18-22-13-6-3-7-14-22)28-25-26(24)35-36-27(25)33-30(34-28)32-16-21-11-4-2-5-12-21/h2-15,24,26,35H,16-19H2,1H3,(H,31,38)(H2,32,33,34,36). The van der Waals surface area contributed by atoms with E-state index in [1.807, 2.05) is 48.5 Å². The summed E-state index contributed by atoms with van der Waals surface area (Å²) in [5.74, 6) is 1.81. The molecule has 2 aliphatic rings. The summed E-state index contributed by atoms with van der Waals surface area (Å²) in [7, 11) is 0. The molecule has 4 N–H and O–H groups in total. The Hall–Kier alpha value is -4.43. The van der Waals surface area contributed by atoms with Crippen molar-refractivity contribution in [3.8, 4) is 0 Å². The van der Waals surface area contributed by atoms with E-state index in [4.69, 9.17) is 9.97 Å². The number of hydrogen-bond donors (Lipinski definition) is 4. The van der Waals surface area contributed by atoms with Gasteiger partial charge in [0.1, 0.15) is 5.82 Å². The quantitative estimate of drug-likeness (QED) is 0.283. The Morgan fingerprint density at radius 1 is 0.921 bits per heavy atom. The first-order valence-electron chi connectivity index (χ1n) is 13.0. The second-order valence-electron chi connectivity index (χ2n) is 9.84. The van der Waals surface area contributed by atoms with Gasteiger partial charge in [0.2, 0.25) is 11.9 Å². The zero-order chi connectivity index (χ0) is 25.9. The van der Waals surface area contributed by atoms with E-state index in [1.165, 1.54) is 5.56 Å². The van der Waals surface area contributed by atoms with Crippen molar-refractivity contribution in [2.75, 3.05) is 22.2 Å². The number of nitrogens with zero attached hydrogens (tertiary/aromatic N) is 3. The molecule has 0 bridgehead atoms. The molecule has 0 aliphatic carbocycles. The largest absolute Gasteiger partial charge is 0.352 e. The number of hydrazine groups is 1. The van der Waals surface area contributed by atoms with Crippen molar-refractivity contribution in [3.63, 3.8) is 0 Å². The Morgan fingerprint density at radius 3 is 2.39 bits per heavy atom. The highest BCUT2D eigenvalue weighted by molar-refractivity contribution is 5.83. The minimum atomic E-state index is -0.310. The highest BCUT2D eigenvalue weighted by Gasteiger charge is 2.44. The van der Waals surface area contributed by atoms with Crippen LogP contribution in [0.4, 0.5) is 17.6 Å². The second kappa shape index (κ2) is 10.5. The second-order valence-corrected chi connectivity index (χ2v) is 9.84. The van der Waals surface area contributed by atoms with Crippen molar-refractivity contribution in [2.24, 2.45) is 5.92 Å². The number of anilines is 3. The van der Waals surface area contributed by atoms with Gasteiger partial charge in [-0.05, 0) is 29.2 Å². The molecule has 1 aromatic heterocycles. The number of aromatic nitrogens is 2. The molecule has 0 fully saturated rings. The van der Waals surface area contributed by atoms with Crippen LogP contribution in [0.2, 0.25) is 0 Å². The minimum Gasteiger partial charge on any atom is -0.352 e. The zero-order valence-corrected chi connectivity index (χ0v) is 21.3. The van der Waals surface area contributed by atoms with Crippen LogP contribution in [0.3, 0.4) is 0 Å². The van der Waals surface area contributed by atoms with Crippen molar-refractivity contribution in [2.45, 2.75) is 32.6 Å². The van der Waals surface area contributed by atoms with Crippen LogP contribution in [0.5, 0.6) is 0 Å². The molecule has 0 spiro atoms. The maximum Gasteiger partial charge on any atom is 0.227 e. The molecule has 4 aromatic rings. The SMILES string of the molecule is Cc1ccccc1CNC(=O)C1CN(Cc2ccccc2)c2nc(NCc3ccccc3)nc3c2C1NN3. The van der Waals surface area contributed by atoms with E-state index in [9.17, 15) is 4.79 Å². The van der Waals surface area contributed by atoms with Gasteiger partial charge in [-0.25, -0.2) is 5.43 Å². The molecule has 2 aliphatic heterocycles. The average molecular weight is 506 g/mol. The first kappa shape index (κ1) is 23.9. The van der Waals surface area contributed by atoms with Crippen LogP contribution in [-0.2, 0) is 24.4 Å². The van der Waals surface area contributed by atoms with Gasteiger partial charge in [0, 0.05) is 26.2 Å². The van der Waals surface area contributed by atoms with Crippen molar-refractivity contribution < 1.29 is 4.79 Å². The summed E-state index contributed by atoms with van der Waals surface area (Å²) in [6.45, 7) is 4.37. The van der Waals surface area contributed by atoms with Gasteiger partial charge in [-0.3, -0.25) is 4.79 Å². The molecule has 38 heavy (non-hydrogen) atoms. The van der Waals surface area contributed by atoms with Gasteiger partial charge in [0.25, 0.3) is 0 Å². The molecule has 6 rings (SSSR count). The van der Waals surface area contributed by atoms with Crippen LogP contribution < -0.4 is 26.4 Å². The van der Waals surface area contributed by atoms with Crippen LogP contribution in [0, 0.1) is 12.8 Å². The predicted molar refractivity (Wildman–Crippen MR) is 149 cm³/mol. The molecule has 192 valence electrons. The van der Waals surface area contributed by atoms with E-state index in [2.05, 4.69) is 69.7 Å². The lowest BCUT2D eigenvalue weighted by atomic mass is 9.89. The third-order valence-electron chi connectivity index (χ3n) is 7.26. The molecule has 1 amide bonds. The van der Waals surface area contributed by atoms with E-state index < -0.39 is 0 Å². The van der Waals surface area contributed by atoms with Gasteiger partial charge < -0.3 is 21.0 Å². The number of carbonyl (C=O) groups is 1. The van der Waals surface area contributed by atoms with Crippen LogP contribution in [0.15, 0.2) is 84.9 Å².